The predicted molar refractivity (Wildman–Crippen MR) is 87.8 cm³/mol. The maximum Gasteiger partial charge on any atom is 0.355 e. The third-order valence-electron chi connectivity index (χ3n) is 3.61. The van der Waals surface area contributed by atoms with E-state index >= 15 is 0 Å². The van der Waals surface area contributed by atoms with Crippen LogP contribution in [0.15, 0.2) is 53.3 Å². The van der Waals surface area contributed by atoms with Gasteiger partial charge in [0.15, 0.2) is 10.8 Å². The van der Waals surface area contributed by atoms with E-state index in [4.69, 9.17) is 11.6 Å². The lowest BCUT2D eigenvalue weighted by molar-refractivity contribution is -0.384. The molecule has 0 atom stereocenters. The van der Waals surface area contributed by atoms with Crippen LogP contribution in [0.5, 0.6) is 0 Å². The van der Waals surface area contributed by atoms with Gasteiger partial charge in [0, 0.05) is 12.1 Å². The minimum absolute atomic E-state index is 0.0688. The topological polar surface area (TPSA) is 95.3 Å². The Balaban J connectivity index is 2.02. The van der Waals surface area contributed by atoms with Crippen LogP contribution in [-0.4, -0.2) is 24.1 Å². The second kappa shape index (κ2) is 5.14. The van der Waals surface area contributed by atoms with Crippen molar-refractivity contribution in [1.29, 1.82) is 0 Å². The Morgan fingerprint density at radius 1 is 1.08 bits per heavy atom. The van der Waals surface area contributed by atoms with Crippen molar-refractivity contribution < 1.29 is 4.92 Å². The van der Waals surface area contributed by atoms with E-state index in [1.807, 2.05) is 0 Å². The van der Waals surface area contributed by atoms with Crippen molar-refractivity contribution in [2.24, 2.45) is 0 Å². The standard InChI is InChI=1S/C15H8ClN5O3/c16-13-14-18-20(9-5-7-10(8-6-9)21(23)24)15(22)19(14)12-4-2-1-3-11(12)17-13/h1-8H. The minimum Gasteiger partial charge on any atom is -0.258 e. The van der Waals surface area contributed by atoms with Gasteiger partial charge in [-0.05, 0) is 24.3 Å². The molecule has 2 aromatic heterocycles. The number of non-ortho nitro benzene ring substituents is 1. The van der Waals surface area contributed by atoms with Crippen molar-refractivity contribution in [3.05, 3.63) is 74.3 Å². The predicted octanol–water partition coefficient (Wildman–Crippen LogP) is 2.59. The summed E-state index contributed by atoms with van der Waals surface area (Å²) >= 11 is 6.14. The smallest absolute Gasteiger partial charge is 0.258 e. The highest BCUT2D eigenvalue weighted by atomic mass is 35.5. The summed E-state index contributed by atoms with van der Waals surface area (Å²) in [5.41, 5.74) is 1.27. The van der Waals surface area contributed by atoms with Gasteiger partial charge in [0.25, 0.3) is 5.69 Å². The number of nitro groups is 1. The second-order valence-electron chi connectivity index (χ2n) is 5.02. The Labute approximate surface area is 138 Å². The van der Waals surface area contributed by atoms with Gasteiger partial charge in [0.1, 0.15) is 0 Å². The summed E-state index contributed by atoms with van der Waals surface area (Å²) in [5, 5.41) is 15.1. The van der Waals surface area contributed by atoms with Gasteiger partial charge in [-0.25, -0.2) is 14.2 Å². The number of halogens is 1. The van der Waals surface area contributed by atoms with Crippen LogP contribution in [-0.2, 0) is 0 Å². The molecule has 9 heteroatoms. The van der Waals surface area contributed by atoms with Crippen LogP contribution in [0, 0.1) is 10.1 Å². The van der Waals surface area contributed by atoms with Gasteiger partial charge in [0.05, 0.1) is 21.6 Å². The SMILES string of the molecule is O=c1n(-c2ccc([N+](=O)[O-])cc2)nc2c(Cl)nc3ccccc3n12. The molecule has 0 spiro atoms. The molecule has 0 bridgehead atoms. The quantitative estimate of drug-likeness (QED) is 0.412. The first-order valence-electron chi connectivity index (χ1n) is 6.87. The van der Waals surface area contributed by atoms with E-state index in [-0.39, 0.29) is 16.5 Å². The molecular formula is C15H8ClN5O3. The molecule has 2 aromatic carbocycles. The zero-order valence-electron chi connectivity index (χ0n) is 12.0. The van der Waals surface area contributed by atoms with Gasteiger partial charge < -0.3 is 0 Å². The van der Waals surface area contributed by atoms with E-state index in [1.165, 1.54) is 28.7 Å². The van der Waals surface area contributed by atoms with Gasteiger partial charge in [-0.2, -0.15) is 4.68 Å². The molecule has 24 heavy (non-hydrogen) atoms. The zero-order chi connectivity index (χ0) is 16.8. The van der Waals surface area contributed by atoms with Crippen molar-refractivity contribution in [2.75, 3.05) is 0 Å². The molecule has 4 rings (SSSR count). The van der Waals surface area contributed by atoms with E-state index < -0.39 is 10.6 Å². The van der Waals surface area contributed by atoms with Gasteiger partial charge in [0.2, 0.25) is 0 Å². The average molecular weight is 342 g/mol. The van der Waals surface area contributed by atoms with Crippen molar-refractivity contribution in [1.82, 2.24) is 19.2 Å². The molecule has 0 aliphatic rings. The van der Waals surface area contributed by atoms with Gasteiger partial charge in [-0.1, -0.05) is 23.7 Å². The largest absolute Gasteiger partial charge is 0.355 e. The Kier molecular flexibility index (Phi) is 3.07. The average Bonchev–Trinajstić information content (AvgIpc) is 2.94. The number of hydrogen-bond acceptors (Lipinski definition) is 5. The molecule has 0 saturated carbocycles. The Hall–Kier alpha value is -3.26. The number of nitro benzene ring substituents is 1. The van der Waals surface area contributed by atoms with E-state index in [1.54, 1.807) is 24.3 Å². The van der Waals surface area contributed by atoms with Crippen LogP contribution in [0.4, 0.5) is 5.69 Å². The monoisotopic (exact) mass is 341 g/mol. The molecule has 0 N–H and O–H groups in total. The summed E-state index contributed by atoms with van der Waals surface area (Å²) < 4.78 is 2.51. The number of nitrogens with zero attached hydrogens (tertiary/aromatic N) is 5. The molecule has 4 aromatic rings. The van der Waals surface area contributed by atoms with Gasteiger partial charge in [-0.15, -0.1) is 5.10 Å². The summed E-state index contributed by atoms with van der Waals surface area (Å²) in [6.07, 6.45) is 0. The number of aromatic nitrogens is 4. The summed E-state index contributed by atoms with van der Waals surface area (Å²) in [6.45, 7) is 0. The third-order valence-corrected chi connectivity index (χ3v) is 3.86. The molecule has 0 fully saturated rings. The molecule has 0 saturated heterocycles. The maximum absolute atomic E-state index is 12.8. The highest BCUT2D eigenvalue weighted by Crippen LogP contribution is 2.20. The van der Waals surface area contributed by atoms with E-state index in [0.717, 1.165) is 4.68 Å². The molecule has 0 unspecified atom stereocenters. The lowest BCUT2D eigenvalue weighted by Crippen LogP contribution is -2.20. The maximum atomic E-state index is 12.8. The first kappa shape index (κ1) is 14.3. The van der Waals surface area contributed by atoms with Crippen molar-refractivity contribution in [3.8, 4) is 5.69 Å². The Morgan fingerprint density at radius 2 is 1.79 bits per heavy atom. The molecule has 0 aliphatic carbocycles. The van der Waals surface area contributed by atoms with Gasteiger partial charge >= 0.3 is 5.69 Å². The number of hydrogen-bond donors (Lipinski definition) is 0. The first-order chi connectivity index (χ1) is 11.6. The molecule has 0 aliphatic heterocycles. The van der Waals surface area contributed by atoms with Crippen LogP contribution in [0.25, 0.3) is 22.4 Å². The van der Waals surface area contributed by atoms with Crippen LogP contribution in [0.2, 0.25) is 5.15 Å². The highest BCUT2D eigenvalue weighted by molar-refractivity contribution is 6.32. The fourth-order valence-electron chi connectivity index (χ4n) is 2.51. The number of fused-ring (bicyclic) bond motifs is 3. The lowest BCUT2D eigenvalue weighted by atomic mass is 10.3. The molecule has 0 radical (unpaired) electrons. The normalized spacial score (nSPS) is 11.2. The number of rotatable bonds is 2. The van der Waals surface area contributed by atoms with Crippen LogP contribution in [0.3, 0.4) is 0 Å². The van der Waals surface area contributed by atoms with Crippen LogP contribution in [0.1, 0.15) is 0 Å². The number of benzene rings is 2. The Bertz CT molecular complexity index is 1160. The third kappa shape index (κ3) is 2.04. The molecular weight excluding hydrogens is 334 g/mol. The summed E-state index contributed by atoms with van der Waals surface area (Å²) in [7, 11) is 0. The number of para-hydroxylation sites is 2. The fraction of sp³-hybridized carbons (Fsp3) is 0. The minimum atomic E-state index is -0.509. The van der Waals surface area contributed by atoms with Gasteiger partial charge in [-0.3, -0.25) is 10.1 Å². The molecule has 2 heterocycles. The Morgan fingerprint density at radius 3 is 2.50 bits per heavy atom. The fourth-order valence-corrected chi connectivity index (χ4v) is 2.72. The van der Waals surface area contributed by atoms with E-state index in [9.17, 15) is 14.9 Å². The molecule has 8 nitrogen and oxygen atoms in total. The lowest BCUT2D eigenvalue weighted by Gasteiger charge is -2.00. The summed E-state index contributed by atoms with van der Waals surface area (Å²) in [6, 6.07) is 12.6. The summed E-state index contributed by atoms with van der Waals surface area (Å²) in [4.78, 5) is 27.2. The highest BCUT2D eigenvalue weighted by Gasteiger charge is 2.16. The van der Waals surface area contributed by atoms with E-state index in [0.29, 0.717) is 16.7 Å². The van der Waals surface area contributed by atoms with Crippen molar-refractivity contribution in [3.63, 3.8) is 0 Å². The first-order valence-corrected chi connectivity index (χ1v) is 7.25. The van der Waals surface area contributed by atoms with Crippen molar-refractivity contribution >= 4 is 34.0 Å². The molecule has 118 valence electrons. The van der Waals surface area contributed by atoms with Crippen LogP contribution >= 0.6 is 11.6 Å². The summed E-state index contributed by atoms with van der Waals surface area (Å²) in [5.74, 6) is 0. The molecule has 0 amide bonds. The second-order valence-corrected chi connectivity index (χ2v) is 5.38. The van der Waals surface area contributed by atoms with Crippen LogP contribution < -0.4 is 5.69 Å². The van der Waals surface area contributed by atoms with Crippen molar-refractivity contribution in [2.45, 2.75) is 0 Å². The van der Waals surface area contributed by atoms with E-state index in [2.05, 4.69) is 10.1 Å². The zero-order valence-corrected chi connectivity index (χ0v) is 12.7.